The first-order valence-corrected chi connectivity index (χ1v) is 14.4. The lowest BCUT2D eigenvalue weighted by molar-refractivity contribution is -0.146. The van der Waals surface area contributed by atoms with Crippen LogP contribution in [0.15, 0.2) is 91.0 Å². The van der Waals surface area contributed by atoms with Crippen LogP contribution < -0.4 is 14.1 Å². The maximum absolute atomic E-state index is 14.1. The van der Waals surface area contributed by atoms with Gasteiger partial charge in [0.15, 0.2) is 0 Å². The largest absolute Gasteiger partial charge is 0.513 e. The summed E-state index contributed by atoms with van der Waals surface area (Å²) in [5.74, 6) is 0.188. The highest BCUT2D eigenvalue weighted by molar-refractivity contribution is 14.1. The number of esters is 1. The van der Waals surface area contributed by atoms with Gasteiger partial charge in [-0.25, -0.2) is 4.57 Å². The molecule has 1 N–H and O–H groups in total. The number of ether oxygens (including phenoxy) is 1. The molecule has 4 rings (SSSR count). The zero-order chi connectivity index (χ0) is 24.8. The summed E-state index contributed by atoms with van der Waals surface area (Å²) in [6.07, 6.45) is 0. The minimum Gasteiger partial charge on any atom is -0.460 e. The zero-order valence-electron chi connectivity index (χ0n) is 18.7. The highest BCUT2D eigenvalue weighted by Gasteiger charge is 2.35. The molecule has 0 amide bonds. The van der Waals surface area contributed by atoms with Gasteiger partial charge in [-0.3, -0.25) is 4.79 Å². The lowest BCUT2D eigenvalue weighted by Crippen LogP contribution is -2.35. The molecule has 4 aromatic rings. The van der Waals surface area contributed by atoms with Crippen LogP contribution in [-0.2, 0) is 20.7 Å². The van der Waals surface area contributed by atoms with Gasteiger partial charge in [-0.2, -0.15) is 5.09 Å². The van der Waals surface area contributed by atoms with Gasteiger partial charge in [0.05, 0.1) is 3.57 Å². The van der Waals surface area contributed by atoms with Crippen LogP contribution in [0.2, 0.25) is 0 Å². The van der Waals surface area contributed by atoms with Crippen molar-refractivity contribution in [2.45, 2.75) is 19.6 Å². The van der Waals surface area contributed by atoms with Crippen LogP contribution in [0.4, 0.5) is 0 Å². The third-order valence-corrected chi connectivity index (χ3v) is 8.10. The van der Waals surface area contributed by atoms with E-state index in [0.717, 1.165) is 23.5 Å². The van der Waals surface area contributed by atoms with Crippen molar-refractivity contribution in [3.63, 3.8) is 0 Å². The summed E-state index contributed by atoms with van der Waals surface area (Å²) < 4.78 is 33.2. The minimum absolute atomic E-state index is 0.107. The molecular weight excluding hydrogens is 691 g/mol. The molecule has 1 unspecified atom stereocenters. The molecule has 0 aliphatic carbocycles. The predicted molar refractivity (Wildman–Crippen MR) is 154 cm³/mol. The molecule has 180 valence electrons. The van der Waals surface area contributed by atoms with Gasteiger partial charge in [0, 0.05) is 8.96 Å². The van der Waals surface area contributed by atoms with Crippen molar-refractivity contribution in [2.75, 3.05) is 0 Å². The van der Waals surface area contributed by atoms with Gasteiger partial charge in [0.25, 0.3) is 0 Å². The molecule has 35 heavy (non-hydrogen) atoms. The fraction of sp³-hybridized carbons (Fsp3) is 0.115. The number of carbonyl (C=O) groups excluding carboxylic acids is 1. The van der Waals surface area contributed by atoms with E-state index in [0.29, 0.717) is 11.5 Å². The lowest BCUT2D eigenvalue weighted by atomic mass is 10.1. The van der Waals surface area contributed by atoms with E-state index in [-0.39, 0.29) is 6.61 Å². The van der Waals surface area contributed by atoms with Crippen molar-refractivity contribution in [2.24, 2.45) is 0 Å². The second-order valence-electron chi connectivity index (χ2n) is 7.68. The standard InChI is InChI=1S/C26H22I2NO5P/c1-18(26(30)32-17-19-8-3-2-4-9-19)29-35(31,34-25-15-14-21(27)16-23(25)28)33-24-13-7-11-20-10-5-6-12-22(20)24/h2-16,18H,17H2,1H3,(H,29,31)/t18-,35?/m0/s1. The van der Waals surface area contributed by atoms with Crippen LogP contribution in [0.5, 0.6) is 11.5 Å². The fourth-order valence-electron chi connectivity index (χ4n) is 3.30. The monoisotopic (exact) mass is 713 g/mol. The van der Waals surface area contributed by atoms with Crippen molar-refractivity contribution in [1.29, 1.82) is 0 Å². The average molecular weight is 713 g/mol. The summed E-state index contributed by atoms with van der Waals surface area (Å²) in [6, 6.07) is 26.9. The fourth-order valence-corrected chi connectivity index (χ4v) is 6.74. The van der Waals surface area contributed by atoms with Gasteiger partial charge >= 0.3 is 13.7 Å². The van der Waals surface area contributed by atoms with Crippen LogP contribution in [-0.4, -0.2) is 12.0 Å². The molecule has 6 nitrogen and oxygen atoms in total. The van der Waals surface area contributed by atoms with E-state index in [1.54, 1.807) is 19.1 Å². The summed E-state index contributed by atoms with van der Waals surface area (Å²) >= 11 is 4.30. The molecule has 0 fully saturated rings. The van der Waals surface area contributed by atoms with Crippen LogP contribution >= 0.6 is 52.9 Å². The first kappa shape index (κ1) is 25.9. The third kappa shape index (κ3) is 6.97. The zero-order valence-corrected chi connectivity index (χ0v) is 23.9. The first-order chi connectivity index (χ1) is 16.8. The molecular formula is C26H22I2NO5P. The van der Waals surface area contributed by atoms with Gasteiger partial charge in [-0.1, -0.05) is 66.7 Å². The summed E-state index contributed by atoms with van der Waals surface area (Å²) in [6.45, 7) is 1.67. The molecule has 0 radical (unpaired) electrons. The van der Waals surface area contributed by atoms with E-state index >= 15 is 0 Å². The smallest absolute Gasteiger partial charge is 0.460 e. The summed E-state index contributed by atoms with van der Waals surface area (Å²) in [5.41, 5.74) is 0.855. The van der Waals surface area contributed by atoms with Crippen LogP contribution in [0.1, 0.15) is 12.5 Å². The minimum atomic E-state index is -4.07. The normalized spacial score (nSPS) is 13.6. The Morgan fingerprint density at radius 3 is 2.34 bits per heavy atom. The average Bonchev–Trinajstić information content (AvgIpc) is 2.85. The summed E-state index contributed by atoms with van der Waals surface area (Å²) in [4.78, 5) is 12.7. The molecule has 0 bridgehead atoms. The van der Waals surface area contributed by atoms with Crippen molar-refractivity contribution < 1.29 is 23.1 Å². The molecule has 0 heterocycles. The Kier molecular flexibility index (Phi) is 8.69. The van der Waals surface area contributed by atoms with E-state index < -0.39 is 19.8 Å². The molecule has 0 aliphatic rings. The number of hydrogen-bond acceptors (Lipinski definition) is 5. The number of carbonyl (C=O) groups is 1. The van der Waals surface area contributed by atoms with E-state index in [1.807, 2.05) is 78.9 Å². The molecule has 4 aromatic carbocycles. The van der Waals surface area contributed by atoms with Crippen molar-refractivity contribution >= 4 is 69.7 Å². The molecule has 9 heteroatoms. The topological polar surface area (TPSA) is 73.9 Å². The molecule has 0 spiro atoms. The second-order valence-corrected chi connectivity index (χ2v) is 11.7. The number of benzene rings is 4. The third-order valence-electron chi connectivity index (χ3n) is 5.01. The molecule has 2 atom stereocenters. The Bertz CT molecular complexity index is 1380. The molecule has 0 aliphatic heterocycles. The van der Waals surface area contributed by atoms with Crippen molar-refractivity contribution in [3.8, 4) is 11.5 Å². The predicted octanol–water partition coefficient (Wildman–Crippen LogP) is 7.34. The van der Waals surface area contributed by atoms with Gasteiger partial charge in [0.1, 0.15) is 24.1 Å². The number of rotatable bonds is 9. The maximum Gasteiger partial charge on any atom is 0.513 e. The molecule has 0 aromatic heterocycles. The number of halogens is 2. The Hall–Kier alpha value is -2.14. The van der Waals surface area contributed by atoms with Crippen LogP contribution in [0.3, 0.4) is 0 Å². The van der Waals surface area contributed by atoms with Crippen molar-refractivity contribution in [1.82, 2.24) is 5.09 Å². The van der Waals surface area contributed by atoms with Gasteiger partial charge in [-0.05, 0) is 87.3 Å². The first-order valence-electron chi connectivity index (χ1n) is 10.7. The van der Waals surface area contributed by atoms with Crippen LogP contribution in [0.25, 0.3) is 10.8 Å². The van der Waals surface area contributed by atoms with E-state index in [4.69, 9.17) is 13.8 Å². The van der Waals surface area contributed by atoms with Gasteiger partial charge in [0.2, 0.25) is 0 Å². The van der Waals surface area contributed by atoms with E-state index in [2.05, 4.69) is 50.3 Å². The van der Waals surface area contributed by atoms with E-state index in [9.17, 15) is 9.36 Å². The Labute approximate surface area is 231 Å². The highest BCUT2D eigenvalue weighted by Crippen LogP contribution is 2.48. The van der Waals surface area contributed by atoms with Crippen molar-refractivity contribution in [3.05, 3.63) is 104 Å². The summed E-state index contributed by atoms with van der Waals surface area (Å²) in [5, 5.41) is 4.47. The molecule has 0 saturated carbocycles. The number of nitrogens with one attached hydrogen (secondary N) is 1. The highest BCUT2D eigenvalue weighted by atomic mass is 127. The quantitative estimate of drug-likeness (QED) is 0.111. The lowest BCUT2D eigenvalue weighted by Gasteiger charge is -2.24. The Morgan fingerprint density at radius 1 is 0.886 bits per heavy atom. The Morgan fingerprint density at radius 2 is 1.57 bits per heavy atom. The van der Waals surface area contributed by atoms with Crippen LogP contribution in [0, 0.1) is 7.14 Å². The number of hydrogen-bond donors (Lipinski definition) is 1. The van der Waals surface area contributed by atoms with E-state index in [1.165, 1.54) is 0 Å². The Balaban J connectivity index is 1.59. The van der Waals surface area contributed by atoms with Gasteiger partial charge < -0.3 is 13.8 Å². The number of fused-ring (bicyclic) bond motifs is 1. The summed E-state index contributed by atoms with van der Waals surface area (Å²) in [7, 11) is -4.07. The maximum atomic E-state index is 14.1. The second kappa shape index (κ2) is 11.7. The van der Waals surface area contributed by atoms with Gasteiger partial charge in [-0.15, -0.1) is 0 Å². The SMILES string of the molecule is C[C@H](NP(=O)(Oc1ccc(I)cc1I)Oc1cccc2ccccc12)C(=O)OCc1ccccc1. The molecule has 0 saturated heterocycles.